The van der Waals surface area contributed by atoms with Crippen LogP contribution in [0.3, 0.4) is 0 Å². The van der Waals surface area contributed by atoms with Crippen molar-refractivity contribution in [3.8, 4) is 17.2 Å². The van der Waals surface area contributed by atoms with E-state index in [1.54, 1.807) is 60.7 Å². The first-order valence-corrected chi connectivity index (χ1v) is 11.4. The third-order valence-corrected chi connectivity index (χ3v) is 5.69. The van der Waals surface area contributed by atoms with Gasteiger partial charge < -0.3 is 29.5 Å². The van der Waals surface area contributed by atoms with Crippen molar-refractivity contribution in [2.24, 2.45) is 0 Å². The third-order valence-electron chi connectivity index (χ3n) is 5.43. The summed E-state index contributed by atoms with van der Waals surface area (Å²) in [6, 6.07) is 16.4. The Morgan fingerprint density at radius 3 is 2.47 bits per heavy atom. The van der Waals surface area contributed by atoms with Crippen molar-refractivity contribution in [3.05, 3.63) is 82.4 Å². The van der Waals surface area contributed by atoms with Gasteiger partial charge in [0, 0.05) is 21.8 Å². The molecule has 0 aliphatic carbocycles. The van der Waals surface area contributed by atoms with E-state index in [-0.39, 0.29) is 25.5 Å². The number of hydrogen-bond donors (Lipinski definition) is 2. The van der Waals surface area contributed by atoms with Gasteiger partial charge in [0.05, 0.1) is 26.6 Å². The number of rotatable bonds is 9. The van der Waals surface area contributed by atoms with Gasteiger partial charge in [0.15, 0.2) is 11.5 Å². The highest BCUT2D eigenvalue weighted by Crippen LogP contribution is 2.36. The fraction of sp³-hybridized carbons (Fsp3) is 0.192. The van der Waals surface area contributed by atoms with Crippen LogP contribution in [0.25, 0.3) is 0 Å². The minimum atomic E-state index is -0.972. The normalized spacial score (nSPS) is 12.7. The van der Waals surface area contributed by atoms with Gasteiger partial charge in [-0.3, -0.25) is 9.59 Å². The minimum absolute atomic E-state index is 0.177. The molecule has 0 atom stereocenters. The first-order chi connectivity index (χ1) is 17.3. The summed E-state index contributed by atoms with van der Waals surface area (Å²) in [5.74, 6) is -0.157. The summed E-state index contributed by atoms with van der Waals surface area (Å²) in [4.78, 5) is 37.4. The number of anilines is 1. The maximum Gasteiger partial charge on any atom is 0.410 e. The standard InChI is InChI=1S/C26H23ClN2O7/c1-34-22-8-2-16(13-24(30)31)12-23(22)36-21-9-7-20(14-18(21)15-29-10-11-35-26(29)33)28-25(32)17-3-5-19(27)6-4-17/h2-9,12,14H,10-11,13,15H2,1H3,(H,28,32)(H,30,31). The molecule has 3 aromatic rings. The Labute approximate surface area is 212 Å². The molecule has 0 aromatic heterocycles. The first kappa shape index (κ1) is 24.9. The largest absolute Gasteiger partial charge is 0.493 e. The van der Waals surface area contributed by atoms with E-state index in [1.165, 1.54) is 12.0 Å². The molecule has 1 aliphatic heterocycles. The van der Waals surface area contributed by atoms with Gasteiger partial charge in [0.25, 0.3) is 5.91 Å². The number of carboxylic acid groups (broad SMARTS) is 1. The number of ether oxygens (including phenoxy) is 3. The number of carbonyl (C=O) groups excluding carboxylic acids is 2. The molecule has 1 heterocycles. The predicted octanol–water partition coefficient (Wildman–Crippen LogP) is 4.97. The van der Waals surface area contributed by atoms with E-state index in [9.17, 15) is 14.4 Å². The zero-order valence-corrected chi connectivity index (χ0v) is 20.1. The van der Waals surface area contributed by atoms with Gasteiger partial charge in [-0.25, -0.2) is 4.79 Å². The van der Waals surface area contributed by atoms with Crippen molar-refractivity contribution in [1.82, 2.24) is 4.90 Å². The maximum atomic E-state index is 12.7. The second kappa shape index (κ2) is 11.0. The molecule has 1 fully saturated rings. The first-order valence-electron chi connectivity index (χ1n) is 11.0. The molecule has 0 radical (unpaired) electrons. The van der Waals surface area contributed by atoms with Crippen LogP contribution in [0.4, 0.5) is 10.5 Å². The highest BCUT2D eigenvalue weighted by molar-refractivity contribution is 6.30. The van der Waals surface area contributed by atoms with E-state index in [4.69, 9.17) is 30.9 Å². The highest BCUT2D eigenvalue weighted by atomic mass is 35.5. The summed E-state index contributed by atoms with van der Waals surface area (Å²) >= 11 is 5.90. The summed E-state index contributed by atoms with van der Waals surface area (Å²) < 4.78 is 16.5. The lowest BCUT2D eigenvalue weighted by Crippen LogP contribution is -2.24. The third kappa shape index (κ3) is 6.05. The number of nitrogens with one attached hydrogen (secondary N) is 1. The van der Waals surface area contributed by atoms with Crippen LogP contribution in [-0.2, 0) is 22.5 Å². The van der Waals surface area contributed by atoms with Gasteiger partial charge in [-0.2, -0.15) is 0 Å². The molecular weight excluding hydrogens is 488 g/mol. The highest BCUT2D eigenvalue weighted by Gasteiger charge is 2.24. The van der Waals surface area contributed by atoms with Crippen molar-refractivity contribution in [2.75, 3.05) is 25.6 Å². The zero-order chi connectivity index (χ0) is 25.7. The van der Waals surface area contributed by atoms with Gasteiger partial charge in [0.1, 0.15) is 12.4 Å². The number of amides is 2. The van der Waals surface area contributed by atoms with Crippen LogP contribution < -0.4 is 14.8 Å². The lowest BCUT2D eigenvalue weighted by molar-refractivity contribution is -0.136. The quantitative estimate of drug-likeness (QED) is 0.417. The van der Waals surface area contributed by atoms with Crippen LogP contribution in [-0.4, -0.2) is 48.2 Å². The lowest BCUT2D eigenvalue weighted by atomic mass is 10.1. The van der Waals surface area contributed by atoms with E-state index in [0.717, 1.165) is 0 Å². The number of nitrogens with zero attached hydrogens (tertiary/aromatic N) is 1. The number of cyclic esters (lactones) is 1. The van der Waals surface area contributed by atoms with Gasteiger partial charge in [-0.15, -0.1) is 0 Å². The van der Waals surface area contributed by atoms with E-state index in [1.807, 2.05) is 0 Å². The topological polar surface area (TPSA) is 114 Å². The molecule has 0 bridgehead atoms. The van der Waals surface area contributed by atoms with E-state index >= 15 is 0 Å². The Morgan fingerprint density at radius 2 is 1.81 bits per heavy atom. The van der Waals surface area contributed by atoms with Gasteiger partial charge in [-0.1, -0.05) is 17.7 Å². The van der Waals surface area contributed by atoms with Crippen molar-refractivity contribution in [2.45, 2.75) is 13.0 Å². The Kier molecular flexibility index (Phi) is 7.60. The van der Waals surface area contributed by atoms with Crippen molar-refractivity contribution in [3.63, 3.8) is 0 Å². The Hall–Kier alpha value is -4.24. The number of carboxylic acids is 1. The summed E-state index contributed by atoms with van der Waals surface area (Å²) in [5, 5.41) is 12.5. The molecule has 0 spiro atoms. The van der Waals surface area contributed by atoms with Crippen molar-refractivity contribution >= 4 is 35.3 Å². The SMILES string of the molecule is COc1ccc(CC(=O)O)cc1Oc1ccc(NC(=O)c2ccc(Cl)cc2)cc1CN1CCOC1=O. The van der Waals surface area contributed by atoms with Crippen LogP contribution in [0, 0.1) is 0 Å². The second-order valence-corrected chi connectivity index (χ2v) is 8.41. The molecule has 1 aliphatic rings. The number of hydrogen-bond acceptors (Lipinski definition) is 6. The van der Waals surface area contributed by atoms with Crippen LogP contribution in [0.5, 0.6) is 17.2 Å². The Morgan fingerprint density at radius 1 is 1.06 bits per heavy atom. The smallest absolute Gasteiger partial charge is 0.410 e. The summed E-state index contributed by atoms with van der Waals surface area (Å²) in [6.07, 6.45) is -0.625. The van der Waals surface area contributed by atoms with E-state index in [0.29, 0.717) is 51.2 Å². The van der Waals surface area contributed by atoms with Crippen LogP contribution in [0.15, 0.2) is 60.7 Å². The number of halogens is 1. The molecule has 9 nitrogen and oxygen atoms in total. The number of benzene rings is 3. The molecular formula is C26H23ClN2O7. The summed E-state index contributed by atoms with van der Waals surface area (Å²) in [5.41, 5.74) is 2.07. The van der Waals surface area contributed by atoms with Crippen LogP contribution >= 0.6 is 11.6 Å². The number of aliphatic carboxylic acids is 1. The minimum Gasteiger partial charge on any atom is -0.493 e. The molecule has 3 aromatic carbocycles. The lowest BCUT2D eigenvalue weighted by Gasteiger charge is -2.19. The molecule has 36 heavy (non-hydrogen) atoms. The van der Waals surface area contributed by atoms with E-state index < -0.39 is 12.1 Å². The van der Waals surface area contributed by atoms with Crippen LogP contribution in [0.2, 0.25) is 5.02 Å². The molecule has 0 saturated carbocycles. The molecule has 10 heteroatoms. The Balaban J connectivity index is 1.64. The second-order valence-electron chi connectivity index (χ2n) is 7.98. The Bertz CT molecular complexity index is 1290. The molecule has 4 rings (SSSR count). The average molecular weight is 511 g/mol. The van der Waals surface area contributed by atoms with E-state index in [2.05, 4.69) is 5.32 Å². The van der Waals surface area contributed by atoms with Crippen LogP contribution in [0.1, 0.15) is 21.5 Å². The van der Waals surface area contributed by atoms with Crippen molar-refractivity contribution < 1.29 is 33.7 Å². The molecule has 2 N–H and O–H groups in total. The number of carbonyl (C=O) groups is 3. The van der Waals surface area contributed by atoms with Gasteiger partial charge in [-0.05, 0) is 60.2 Å². The zero-order valence-electron chi connectivity index (χ0n) is 19.3. The molecule has 2 amide bonds. The van der Waals surface area contributed by atoms with Crippen molar-refractivity contribution in [1.29, 1.82) is 0 Å². The fourth-order valence-corrected chi connectivity index (χ4v) is 3.79. The molecule has 1 saturated heterocycles. The summed E-state index contributed by atoms with van der Waals surface area (Å²) in [7, 11) is 1.48. The summed E-state index contributed by atoms with van der Waals surface area (Å²) in [6.45, 7) is 0.875. The van der Waals surface area contributed by atoms with Gasteiger partial charge in [0.2, 0.25) is 0 Å². The fourth-order valence-electron chi connectivity index (χ4n) is 3.66. The monoisotopic (exact) mass is 510 g/mol. The van der Waals surface area contributed by atoms with Gasteiger partial charge >= 0.3 is 12.1 Å². The predicted molar refractivity (Wildman–Crippen MR) is 132 cm³/mol. The molecule has 186 valence electrons. The molecule has 0 unspecified atom stereocenters. The maximum absolute atomic E-state index is 12.7. The average Bonchev–Trinajstić information content (AvgIpc) is 3.25. The number of methoxy groups -OCH3 is 1.